The maximum atomic E-state index is 9.14. The fourth-order valence-corrected chi connectivity index (χ4v) is 2.01. The molecule has 0 amide bonds. The molecule has 1 heterocycles. The third-order valence-electron chi connectivity index (χ3n) is 2.07. The zero-order valence-electron chi connectivity index (χ0n) is 8.42. The maximum absolute atomic E-state index is 9.14. The average molecular weight is 220 g/mol. The Morgan fingerprint density at radius 2 is 2.07 bits per heavy atom. The fourth-order valence-electron chi connectivity index (χ4n) is 1.36. The van der Waals surface area contributed by atoms with Gasteiger partial charge in [0, 0.05) is 13.6 Å². The summed E-state index contributed by atoms with van der Waals surface area (Å²) in [6.07, 6.45) is 0. The number of rotatable bonds is 3. The van der Waals surface area contributed by atoms with E-state index in [2.05, 4.69) is 17.1 Å². The highest BCUT2D eigenvalue weighted by molar-refractivity contribution is 7.13. The van der Waals surface area contributed by atoms with Gasteiger partial charge in [0.15, 0.2) is 5.13 Å². The largest absolute Gasteiger partial charge is 0.493 e. The number of hydrogen-bond donors (Lipinski definition) is 1. The number of thiazole rings is 1. The van der Waals surface area contributed by atoms with Gasteiger partial charge in [0.1, 0.15) is 0 Å². The number of aromatic hydroxyl groups is 1. The molecule has 0 aliphatic carbocycles. The molecule has 3 nitrogen and oxygen atoms in total. The molecule has 15 heavy (non-hydrogen) atoms. The molecule has 0 bridgehead atoms. The van der Waals surface area contributed by atoms with Crippen molar-refractivity contribution >= 4 is 16.5 Å². The number of nitrogens with zero attached hydrogens (tertiary/aromatic N) is 2. The van der Waals surface area contributed by atoms with Crippen molar-refractivity contribution in [3.05, 3.63) is 41.3 Å². The smallest absolute Gasteiger partial charge is 0.223 e. The van der Waals surface area contributed by atoms with Crippen LogP contribution in [0.1, 0.15) is 5.56 Å². The van der Waals surface area contributed by atoms with Crippen molar-refractivity contribution in [2.24, 2.45) is 0 Å². The standard InChI is InChI=1S/C11H12N2OS/c1-13(11-12-10(14)8-15-11)7-9-5-3-2-4-6-9/h2-6,8,14H,7H2,1H3. The monoisotopic (exact) mass is 220 g/mol. The summed E-state index contributed by atoms with van der Waals surface area (Å²) in [5, 5.41) is 11.6. The topological polar surface area (TPSA) is 36.4 Å². The fraction of sp³-hybridized carbons (Fsp3) is 0.182. The van der Waals surface area contributed by atoms with Crippen LogP contribution in [0.5, 0.6) is 5.88 Å². The highest BCUT2D eigenvalue weighted by Crippen LogP contribution is 2.23. The molecule has 4 heteroatoms. The van der Waals surface area contributed by atoms with Gasteiger partial charge in [0.05, 0.1) is 5.38 Å². The van der Waals surface area contributed by atoms with Gasteiger partial charge in [0.25, 0.3) is 0 Å². The number of benzene rings is 1. The highest BCUT2D eigenvalue weighted by atomic mass is 32.1. The van der Waals surface area contributed by atoms with Crippen LogP contribution in [0.2, 0.25) is 0 Å². The minimum Gasteiger partial charge on any atom is -0.493 e. The van der Waals surface area contributed by atoms with Gasteiger partial charge >= 0.3 is 0 Å². The van der Waals surface area contributed by atoms with Crippen molar-refractivity contribution in [3.63, 3.8) is 0 Å². The van der Waals surface area contributed by atoms with Crippen molar-refractivity contribution in [1.82, 2.24) is 4.98 Å². The van der Waals surface area contributed by atoms with Gasteiger partial charge < -0.3 is 10.0 Å². The lowest BCUT2D eigenvalue weighted by molar-refractivity contribution is 0.457. The van der Waals surface area contributed by atoms with Gasteiger partial charge in [-0.3, -0.25) is 0 Å². The van der Waals surface area contributed by atoms with Crippen molar-refractivity contribution in [1.29, 1.82) is 0 Å². The van der Waals surface area contributed by atoms with Gasteiger partial charge in [-0.25, -0.2) is 0 Å². The minimum absolute atomic E-state index is 0.0925. The van der Waals surface area contributed by atoms with E-state index < -0.39 is 0 Å². The molecule has 2 rings (SSSR count). The van der Waals surface area contributed by atoms with E-state index in [1.807, 2.05) is 30.1 Å². The summed E-state index contributed by atoms with van der Waals surface area (Å²) in [5.41, 5.74) is 1.23. The van der Waals surface area contributed by atoms with Gasteiger partial charge in [-0.2, -0.15) is 4.98 Å². The van der Waals surface area contributed by atoms with Crippen molar-refractivity contribution < 1.29 is 5.11 Å². The van der Waals surface area contributed by atoms with Gasteiger partial charge in [-0.05, 0) is 5.56 Å². The molecule has 2 aromatic rings. The van der Waals surface area contributed by atoms with E-state index in [4.69, 9.17) is 5.11 Å². The summed E-state index contributed by atoms with van der Waals surface area (Å²) in [6, 6.07) is 10.2. The molecule has 0 saturated carbocycles. The summed E-state index contributed by atoms with van der Waals surface area (Å²) in [7, 11) is 1.96. The molecule has 0 unspecified atom stereocenters. The molecule has 0 aliphatic heterocycles. The Morgan fingerprint density at radius 3 is 2.67 bits per heavy atom. The Hall–Kier alpha value is -1.55. The summed E-state index contributed by atoms with van der Waals surface area (Å²) in [4.78, 5) is 6.02. The number of hydrogen-bond acceptors (Lipinski definition) is 4. The summed E-state index contributed by atoms with van der Waals surface area (Å²) >= 11 is 1.44. The Kier molecular flexibility index (Phi) is 2.87. The molecule has 0 aliphatic rings. The van der Waals surface area contributed by atoms with Crippen LogP contribution in [-0.4, -0.2) is 17.1 Å². The summed E-state index contributed by atoms with van der Waals surface area (Å²) in [6.45, 7) is 0.799. The molecule has 0 fully saturated rings. The van der Waals surface area contributed by atoms with Crippen molar-refractivity contribution in [3.8, 4) is 5.88 Å². The average Bonchev–Trinajstić information content (AvgIpc) is 2.66. The normalized spacial score (nSPS) is 10.2. The lowest BCUT2D eigenvalue weighted by Crippen LogP contribution is -2.15. The third kappa shape index (κ3) is 2.47. The van der Waals surface area contributed by atoms with Gasteiger partial charge in [-0.15, -0.1) is 11.3 Å². The van der Waals surface area contributed by atoms with E-state index in [1.165, 1.54) is 16.9 Å². The maximum Gasteiger partial charge on any atom is 0.223 e. The zero-order chi connectivity index (χ0) is 10.7. The second-order valence-corrected chi connectivity index (χ2v) is 4.17. The van der Waals surface area contributed by atoms with E-state index >= 15 is 0 Å². The Morgan fingerprint density at radius 1 is 1.33 bits per heavy atom. The van der Waals surface area contributed by atoms with Crippen LogP contribution >= 0.6 is 11.3 Å². The first-order chi connectivity index (χ1) is 7.25. The Balaban J connectivity index is 2.07. The van der Waals surface area contributed by atoms with Crippen LogP contribution in [0.15, 0.2) is 35.7 Å². The summed E-state index contributed by atoms with van der Waals surface area (Å²) in [5.74, 6) is 0.0925. The van der Waals surface area contributed by atoms with E-state index in [1.54, 1.807) is 5.38 Å². The second-order valence-electron chi connectivity index (χ2n) is 3.33. The second kappa shape index (κ2) is 4.31. The number of anilines is 1. The molecule has 1 aromatic carbocycles. The molecule has 0 atom stereocenters. The van der Waals surface area contributed by atoms with E-state index in [9.17, 15) is 0 Å². The molecule has 0 radical (unpaired) electrons. The van der Waals surface area contributed by atoms with E-state index in [0.29, 0.717) is 0 Å². The molecule has 1 N–H and O–H groups in total. The van der Waals surface area contributed by atoms with Gasteiger partial charge in [0.2, 0.25) is 5.88 Å². The van der Waals surface area contributed by atoms with Gasteiger partial charge in [-0.1, -0.05) is 30.3 Å². The third-order valence-corrected chi connectivity index (χ3v) is 3.01. The Bertz CT molecular complexity index is 427. The van der Waals surface area contributed by atoms with E-state index in [-0.39, 0.29) is 5.88 Å². The molecule has 78 valence electrons. The molecular weight excluding hydrogens is 208 g/mol. The first kappa shape index (κ1) is 9.98. The quantitative estimate of drug-likeness (QED) is 0.863. The lowest BCUT2D eigenvalue weighted by atomic mass is 10.2. The van der Waals surface area contributed by atoms with Crippen LogP contribution in [0.3, 0.4) is 0 Å². The zero-order valence-corrected chi connectivity index (χ0v) is 9.24. The van der Waals surface area contributed by atoms with Crippen LogP contribution in [0, 0.1) is 0 Å². The van der Waals surface area contributed by atoms with E-state index in [0.717, 1.165) is 11.7 Å². The first-order valence-corrected chi connectivity index (χ1v) is 5.53. The minimum atomic E-state index is 0.0925. The first-order valence-electron chi connectivity index (χ1n) is 4.65. The SMILES string of the molecule is CN(Cc1ccccc1)c1nc(O)cs1. The van der Waals surface area contributed by atoms with Crippen LogP contribution in [0.25, 0.3) is 0 Å². The molecular formula is C11H12N2OS. The predicted octanol–water partition coefficient (Wildman–Crippen LogP) is 2.49. The predicted molar refractivity (Wildman–Crippen MR) is 62.3 cm³/mol. The highest BCUT2D eigenvalue weighted by Gasteiger charge is 2.06. The number of aromatic nitrogens is 1. The van der Waals surface area contributed by atoms with Crippen LogP contribution < -0.4 is 4.90 Å². The lowest BCUT2D eigenvalue weighted by Gasteiger charge is -2.15. The molecule has 1 aromatic heterocycles. The van der Waals surface area contributed by atoms with Crippen LogP contribution in [0.4, 0.5) is 5.13 Å². The van der Waals surface area contributed by atoms with Crippen LogP contribution in [-0.2, 0) is 6.54 Å². The summed E-state index contributed by atoms with van der Waals surface area (Å²) < 4.78 is 0. The Labute approximate surface area is 92.6 Å². The van der Waals surface area contributed by atoms with Crippen molar-refractivity contribution in [2.75, 3.05) is 11.9 Å². The molecule has 0 saturated heterocycles. The molecule has 0 spiro atoms. The van der Waals surface area contributed by atoms with Crippen molar-refractivity contribution in [2.45, 2.75) is 6.54 Å².